The maximum absolute atomic E-state index is 10.6. The zero-order valence-corrected chi connectivity index (χ0v) is 11.8. The fourth-order valence-corrected chi connectivity index (χ4v) is 1.88. The molecule has 0 aliphatic rings. The number of hydrogen-bond donors (Lipinski definition) is 2. The second kappa shape index (κ2) is 10.2. The molecular formula is C15H23NO4. The number of aliphatic hydroxyl groups is 1. The van der Waals surface area contributed by atoms with Crippen molar-refractivity contribution in [1.29, 1.82) is 0 Å². The van der Waals surface area contributed by atoms with Crippen molar-refractivity contribution in [3.63, 3.8) is 0 Å². The Morgan fingerprint density at radius 2 is 1.70 bits per heavy atom. The van der Waals surface area contributed by atoms with E-state index < -0.39 is 5.97 Å². The number of aromatic nitrogens is 1. The van der Waals surface area contributed by atoms with Crippen LogP contribution in [0.4, 0.5) is 0 Å². The Morgan fingerprint density at radius 3 is 2.25 bits per heavy atom. The second-order valence-electron chi connectivity index (χ2n) is 4.73. The molecule has 2 N–H and O–H groups in total. The molecule has 0 unspecified atom stereocenters. The summed E-state index contributed by atoms with van der Waals surface area (Å²) in [5, 5.41) is 17.3. The molecule has 5 heteroatoms. The van der Waals surface area contributed by atoms with Gasteiger partial charge in [-0.15, -0.1) is 0 Å². The minimum absolute atomic E-state index is 0.0280. The number of hydrogen-bond acceptors (Lipinski definition) is 4. The molecule has 0 saturated carbocycles. The molecule has 0 bridgehead atoms. The molecule has 0 aliphatic carbocycles. The van der Waals surface area contributed by atoms with Crippen LogP contribution >= 0.6 is 0 Å². The van der Waals surface area contributed by atoms with E-state index in [2.05, 4.69) is 4.98 Å². The van der Waals surface area contributed by atoms with Gasteiger partial charge in [0.2, 0.25) is 0 Å². The minimum Gasteiger partial charge on any atom is -0.492 e. The molecule has 0 aromatic carbocycles. The van der Waals surface area contributed by atoms with Gasteiger partial charge in [0.1, 0.15) is 11.4 Å². The number of carbonyl (C=O) groups is 1. The number of rotatable bonds is 11. The highest BCUT2D eigenvalue weighted by molar-refractivity contribution is 5.85. The summed E-state index contributed by atoms with van der Waals surface area (Å²) in [5.74, 6) is -0.421. The van der Waals surface area contributed by atoms with Gasteiger partial charge in [0, 0.05) is 6.61 Å². The molecule has 1 heterocycles. The van der Waals surface area contributed by atoms with Crippen LogP contribution in [0.5, 0.6) is 5.75 Å². The molecule has 1 aromatic heterocycles. The Balaban J connectivity index is 2.02. The molecule has 0 fully saturated rings. The van der Waals surface area contributed by atoms with Crippen LogP contribution in [0.25, 0.3) is 0 Å². The Morgan fingerprint density at radius 1 is 1.05 bits per heavy atom. The number of aromatic carboxylic acids is 1. The summed E-state index contributed by atoms with van der Waals surface area (Å²) in [6.07, 6.45) is 9.14. The average molecular weight is 281 g/mol. The molecule has 1 rings (SSSR count). The first-order valence-electron chi connectivity index (χ1n) is 7.17. The van der Waals surface area contributed by atoms with E-state index in [0.717, 1.165) is 25.7 Å². The predicted octanol–water partition coefficient (Wildman–Crippen LogP) is 2.88. The van der Waals surface area contributed by atoms with Gasteiger partial charge in [0.05, 0.1) is 12.8 Å². The fourth-order valence-electron chi connectivity index (χ4n) is 1.88. The average Bonchev–Trinajstić information content (AvgIpc) is 2.46. The number of nitrogens with zero attached hydrogens (tertiary/aromatic N) is 1. The summed E-state index contributed by atoms with van der Waals surface area (Å²) in [7, 11) is 0. The van der Waals surface area contributed by atoms with E-state index in [4.69, 9.17) is 14.9 Å². The molecule has 20 heavy (non-hydrogen) atoms. The highest BCUT2D eigenvalue weighted by Gasteiger charge is 2.03. The van der Waals surface area contributed by atoms with Gasteiger partial charge in [-0.3, -0.25) is 0 Å². The normalized spacial score (nSPS) is 10.4. The van der Waals surface area contributed by atoms with E-state index in [1.807, 2.05) is 0 Å². The lowest BCUT2D eigenvalue weighted by atomic mass is 10.1. The van der Waals surface area contributed by atoms with Crippen molar-refractivity contribution >= 4 is 5.97 Å². The van der Waals surface area contributed by atoms with Crippen molar-refractivity contribution in [2.24, 2.45) is 0 Å². The van der Waals surface area contributed by atoms with E-state index in [-0.39, 0.29) is 5.69 Å². The van der Waals surface area contributed by atoms with Crippen LogP contribution in [0.3, 0.4) is 0 Å². The molecule has 0 spiro atoms. The molecule has 5 nitrogen and oxygen atoms in total. The molecule has 0 aliphatic heterocycles. The highest BCUT2D eigenvalue weighted by atomic mass is 16.5. The smallest absolute Gasteiger partial charge is 0.354 e. The Kier molecular flexibility index (Phi) is 8.38. The third kappa shape index (κ3) is 7.09. The summed E-state index contributed by atoms with van der Waals surface area (Å²) in [5.41, 5.74) is 0.0280. The summed E-state index contributed by atoms with van der Waals surface area (Å²) in [6.45, 7) is 0.924. The quantitative estimate of drug-likeness (QED) is 0.610. The van der Waals surface area contributed by atoms with Crippen molar-refractivity contribution in [2.45, 2.75) is 44.9 Å². The standard InChI is InChI=1S/C15H23NO4/c17-10-6-4-2-1-3-5-7-11-20-13-8-9-14(15(18)19)16-12-13/h8-9,12,17H,1-7,10-11H2,(H,18,19). The topological polar surface area (TPSA) is 79.7 Å². The number of pyridine rings is 1. The monoisotopic (exact) mass is 281 g/mol. The van der Waals surface area contributed by atoms with Gasteiger partial charge >= 0.3 is 5.97 Å². The SMILES string of the molecule is O=C(O)c1ccc(OCCCCCCCCCO)cn1. The first-order valence-corrected chi connectivity index (χ1v) is 7.17. The fraction of sp³-hybridized carbons (Fsp3) is 0.600. The zero-order chi connectivity index (χ0) is 14.6. The van der Waals surface area contributed by atoms with Gasteiger partial charge in [0.25, 0.3) is 0 Å². The lowest BCUT2D eigenvalue weighted by Crippen LogP contribution is -2.01. The number of ether oxygens (including phenoxy) is 1. The lowest BCUT2D eigenvalue weighted by Gasteiger charge is -2.06. The Bertz CT molecular complexity index is 378. The molecule has 0 amide bonds. The van der Waals surface area contributed by atoms with Crippen LogP contribution in [-0.4, -0.2) is 34.4 Å². The van der Waals surface area contributed by atoms with Crippen LogP contribution in [0.2, 0.25) is 0 Å². The van der Waals surface area contributed by atoms with Crippen molar-refractivity contribution in [3.8, 4) is 5.75 Å². The van der Waals surface area contributed by atoms with Crippen LogP contribution in [0.1, 0.15) is 55.4 Å². The molecule has 0 saturated heterocycles. The van der Waals surface area contributed by atoms with Crippen LogP contribution in [0.15, 0.2) is 18.3 Å². The summed E-state index contributed by atoms with van der Waals surface area (Å²) in [6, 6.07) is 3.07. The van der Waals surface area contributed by atoms with E-state index in [0.29, 0.717) is 19.0 Å². The Hall–Kier alpha value is -1.62. The van der Waals surface area contributed by atoms with E-state index in [1.165, 1.54) is 31.5 Å². The van der Waals surface area contributed by atoms with Crippen molar-refractivity contribution < 1.29 is 19.7 Å². The lowest BCUT2D eigenvalue weighted by molar-refractivity contribution is 0.0690. The van der Waals surface area contributed by atoms with Gasteiger partial charge in [-0.05, 0) is 25.0 Å². The number of carboxylic acids is 1. The summed E-state index contributed by atoms with van der Waals surface area (Å²) < 4.78 is 5.50. The van der Waals surface area contributed by atoms with Gasteiger partial charge in [-0.2, -0.15) is 0 Å². The van der Waals surface area contributed by atoms with Crippen molar-refractivity contribution in [2.75, 3.05) is 13.2 Å². The van der Waals surface area contributed by atoms with Gasteiger partial charge in [-0.1, -0.05) is 32.1 Å². The second-order valence-corrected chi connectivity index (χ2v) is 4.73. The van der Waals surface area contributed by atoms with Crippen LogP contribution < -0.4 is 4.74 Å². The van der Waals surface area contributed by atoms with Gasteiger partial charge in [-0.25, -0.2) is 9.78 Å². The molecule has 0 radical (unpaired) electrons. The van der Waals surface area contributed by atoms with Gasteiger partial charge in [0.15, 0.2) is 0 Å². The maximum atomic E-state index is 10.6. The van der Waals surface area contributed by atoms with Crippen LogP contribution in [0, 0.1) is 0 Å². The number of unbranched alkanes of at least 4 members (excludes halogenated alkanes) is 6. The molecule has 0 atom stereocenters. The van der Waals surface area contributed by atoms with E-state index in [9.17, 15) is 4.79 Å². The number of aliphatic hydroxyl groups excluding tert-OH is 1. The summed E-state index contributed by atoms with van der Waals surface area (Å²) in [4.78, 5) is 14.4. The molecule has 1 aromatic rings. The third-order valence-electron chi connectivity index (χ3n) is 3.03. The Labute approximate surface area is 119 Å². The highest BCUT2D eigenvalue weighted by Crippen LogP contribution is 2.11. The van der Waals surface area contributed by atoms with Crippen LogP contribution in [-0.2, 0) is 0 Å². The molecule has 112 valence electrons. The van der Waals surface area contributed by atoms with E-state index in [1.54, 1.807) is 6.07 Å². The first kappa shape index (κ1) is 16.4. The zero-order valence-electron chi connectivity index (χ0n) is 11.8. The van der Waals surface area contributed by atoms with Gasteiger partial charge < -0.3 is 14.9 Å². The predicted molar refractivity (Wildman–Crippen MR) is 76.1 cm³/mol. The van der Waals surface area contributed by atoms with E-state index >= 15 is 0 Å². The van der Waals surface area contributed by atoms with Crippen molar-refractivity contribution in [1.82, 2.24) is 4.98 Å². The molecular weight excluding hydrogens is 258 g/mol. The van der Waals surface area contributed by atoms with Crippen molar-refractivity contribution in [3.05, 3.63) is 24.0 Å². The largest absolute Gasteiger partial charge is 0.492 e. The maximum Gasteiger partial charge on any atom is 0.354 e. The third-order valence-corrected chi connectivity index (χ3v) is 3.03. The number of carboxylic acid groups (broad SMARTS) is 1. The summed E-state index contributed by atoms with van der Waals surface area (Å²) >= 11 is 0. The first-order chi connectivity index (χ1) is 9.74. The minimum atomic E-state index is -1.03.